The van der Waals surface area contributed by atoms with Crippen molar-refractivity contribution >= 4 is 44.4 Å². The van der Waals surface area contributed by atoms with Gasteiger partial charge in [0.15, 0.2) is 5.16 Å². The summed E-state index contributed by atoms with van der Waals surface area (Å²) in [4.78, 5) is 4.80. The van der Waals surface area contributed by atoms with E-state index < -0.39 is 21.7 Å². The van der Waals surface area contributed by atoms with Crippen LogP contribution in [0.15, 0.2) is 40.4 Å². The van der Waals surface area contributed by atoms with Crippen molar-refractivity contribution in [1.29, 1.82) is 0 Å². The number of nitrogens with zero attached hydrogens (tertiary/aromatic N) is 3. The lowest BCUT2D eigenvalue weighted by Crippen LogP contribution is -2.40. The Kier molecular flexibility index (Phi) is 8.67. The smallest absolute Gasteiger partial charge is 0.243 e. The van der Waals surface area contributed by atoms with Gasteiger partial charge in [-0.05, 0) is 43.7 Å². The minimum atomic E-state index is -3.68. The Morgan fingerprint density at radius 1 is 1.17 bits per heavy atom. The third kappa shape index (κ3) is 5.81. The fraction of sp³-hybridized carbons (Fsp3) is 0.435. The number of ether oxygens (including phenoxy) is 2. The van der Waals surface area contributed by atoms with Crippen LogP contribution in [0.3, 0.4) is 0 Å². The fourth-order valence-corrected chi connectivity index (χ4v) is 6.61. The molecular formula is C23H26ClF2N3O4S2. The topological polar surface area (TPSA) is 73.7 Å². The summed E-state index contributed by atoms with van der Waals surface area (Å²) in [5, 5.41) is 0.299. The predicted molar refractivity (Wildman–Crippen MR) is 131 cm³/mol. The van der Waals surface area contributed by atoms with Gasteiger partial charge in [0.05, 0.1) is 34.2 Å². The molecule has 0 aliphatic carbocycles. The van der Waals surface area contributed by atoms with Gasteiger partial charge in [-0.25, -0.2) is 22.2 Å². The monoisotopic (exact) mass is 545 g/mol. The van der Waals surface area contributed by atoms with E-state index in [0.717, 1.165) is 17.6 Å². The van der Waals surface area contributed by atoms with Gasteiger partial charge in [0, 0.05) is 44.2 Å². The third-order valence-electron chi connectivity index (χ3n) is 5.65. The van der Waals surface area contributed by atoms with E-state index in [0.29, 0.717) is 63.2 Å². The molecule has 2 aromatic carbocycles. The molecule has 1 fully saturated rings. The zero-order valence-electron chi connectivity index (χ0n) is 19.2. The molecule has 1 aliphatic heterocycles. The second kappa shape index (κ2) is 11.5. The summed E-state index contributed by atoms with van der Waals surface area (Å²) < 4.78 is 68.4. The number of fused-ring (bicyclic) bond motifs is 1. The molecule has 2 heterocycles. The molecule has 0 saturated carbocycles. The summed E-state index contributed by atoms with van der Waals surface area (Å²) in [5.74, 6) is -1.22. The average Bonchev–Trinajstić information content (AvgIpc) is 3.21. The Labute approximate surface area is 212 Å². The number of halogens is 3. The SMILES string of the molecule is CCOCCCn1c(SCc2c(F)ccc(F)c2Cl)nc2cc(S(=O)(=O)N3CCOCC3)ccc21. The summed E-state index contributed by atoms with van der Waals surface area (Å²) in [6.45, 7) is 4.95. The highest BCUT2D eigenvalue weighted by Gasteiger charge is 2.27. The van der Waals surface area contributed by atoms with E-state index in [9.17, 15) is 17.2 Å². The third-order valence-corrected chi connectivity index (χ3v) is 8.96. The van der Waals surface area contributed by atoms with E-state index >= 15 is 0 Å². The summed E-state index contributed by atoms with van der Waals surface area (Å²) in [6.07, 6.45) is 0.704. The number of hydrogen-bond donors (Lipinski definition) is 0. The first-order valence-electron chi connectivity index (χ1n) is 11.2. The quantitative estimate of drug-likeness (QED) is 0.209. The molecule has 0 radical (unpaired) electrons. The molecule has 1 aliphatic rings. The Morgan fingerprint density at radius 2 is 1.91 bits per heavy atom. The van der Waals surface area contributed by atoms with Crippen molar-refractivity contribution in [3.63, 3.8) is 0 Å². The standard InChI is InChI=1S/C23H26ClF2N3O4S2/c1-2-32-11-3-8-29-21-7-4-16(35(30,31)28-9-12-33-13-10-28)14-20(21)27-23(29)34-15-17-18(25)5-6-19(26)22(17)24/h4-7,14H,2-3,8-13,15H2,1H3. The molecule has 7 nitrogen and oxygen atoms in total. The second-order valence-electron chi connectivity index (χ2n) is 7.87. The first-order valence-corrected chi connectivity index (χ1v) is 14.0. The van der Waals surface area contributed by atoms with Crippen LogP contribution in [0.5, 0.6) is 0 Å². The lowest BCUT2D eigenvalue weighted by molar-refractivity contribution is 0.0730. The van der Waals surface area contributed by atoms with Crippen molar-refractivity contribution in [3.05, 3.63) is 52.6 Å². The first-order chi connectivity index (χ1) is 16.8. The number of sulfonamides is 1. The Balaban J connectivity index is 1.66. The van der Waals surface area contributed by atoms with Crippen LogP contribution < -0.4 is 0 Å². The van der Waals surface area contributed by atoms with Crippen LogP contribution in [0.1, 0.15) is 18.9 Å². The van der Waals surface area contributed by atoms with E-state index in [1.54, 1.807) is 18.2 Å². The molecule has 1 aromatic heterocycles. The second-order valence-corrected chi connectivity index (χ2v) is 11.1. The number of morpholine rings is 1. The zero-order valence-corrected chi connectivity index (χ0v) is 21.6. The number of benzene rings is 2. The van der Waals surface area contributed by atoms with Gasteiger partial charge in [-0.1, -0.05) is 23.4 Å². The lowest BCUT2D eigenvalue weighted by Gasteiger charge is -2.26. The number of aromatic nitrogens is 2. The van der Waals surface area contributed by atoms with Crippen molar-refractivity contribution in [1.82, 2.24) is 13.9 Å². The molecule has 1 saturated heterocycles. The summed E-state index contributed by atoms with van der Waals surface area (Å²) in [5.41, 5.74) is 1.31. The van der Waals surface area contributed by atoms with Crippen LogP contribution in [0.4, 0.5) is 8.78 Å². The normalized spacial score (nSPS) is 15.2. The van der Waals surface area contributed by atoms with Crippen molar-refractivity contribution in [2.24, 2.45) is 0 Å². The van der Waals surface area contributed by atoms with E-state index in [1.165, 1.54) is 16.1 Å². The van der Waals surface area contributed by atoms with Crippen molar-refractivity contribution in [2.45, 2.75) is 35.7 Å². The Bertz CT molecular complexity index is 1300. The van der Waals surface area contributed by atoms with Crippen LogP contribution in [0.2, 0.25) is 5.02 Å². The fourth-order valence-electron chi connectivity index (χ4n) is 3.82. The van der Waals surface area contributed by atoms with Gasteiger partial charge in [-0.2, -0.15) is 4.31 Å². The average molecular weight is 546 g/mol. The molecule has 12 heteroatoms. The van der Waals surface area contributed by atoms with E-state index in [1.807, 2.05) is 11.5 Å². The van der Waals surface area contributed by atoms with E-state index in [2.05, 4.69) is 4.98 Å². The number of aryl methyl sites for hydroxylation is 1. The molecule has 0 unspecified atom stereocenters. The summed E-state index contributed by atoms with van der Waals surface area (Å²) >= 11 is 7.21. The molecular weight excluding hydrogens is 520 g/mol. The van der Waals surface area contributed by atoms with Gasteiger partial charge in [0.25, 0.3) is 0 Å². The summed E-state index contributed by atoms with van der Waals surface area (Å²) in [7, 11) is -3.68. The highest BCUT2D eigenvalue weighted by molar-refractivity contribution is 7.98. The van der Waals surface area contributed by atoms with Gasteiger partial charge in [0.2, 0.25) is 10.0 Å². The van der Waals surface area contributed by atoms with Crippen LogP contribution in [-0.4, -0.2) is 61.8 Å². The van der Waals surface area contributed by atoms with Crippen molar-refractivity contribution in [3.8, 4) is 0 Å². The van der Waals surface area contributed by atoms with Gasteiger partial charge in [-0.3, -0.25) is 0 Å². The van der Waals surface area contributed by atoms with Gasteiger partial charge >= 0.3 is 0 Å². The zero-order chi connectivity index (χ0) is 25.0. The minimum Gasteiger partial charge on any atom is -0.382 e. The van der Waals surface area contributed by atoms with E-state index in [-0.39, 0.29) is 21.2 Å². The molecule has 0 amide bonds. The molecule has 0 spiro atoms. The van der Waals surface area contributed by atoms with Crippen LogP contribution in [0, 0.1) is 11.6 Å². The maximum atomic E-state index is 14.3. The first kappa shape index (κ1) is 26.3. The number of hydrogen-bond acceptors (Lipinski definition) is 6. The number of rotatable bonds is 10. The lowest BCUT2D eigenvalue weighted by atomic mass is 10.2. The maximum absolute atomic E-state index is 14.3. The largest absolute Gasteiger partial charge is 0.382 e. The maximum Gasteiger partial charge on any atom is 0.243 e. The molecule has 190 valence electrons. The van der Waals surface area contributed by atoms with Crippen molar-refractivity contribution < 1.29 is 26.7 Å². The highest BCUT2D eigenvalue weighted by atomic mass is 35.5. The summed E-state index contributed by atoms with van der Waals surface area (Å²) in [6, 6.07) is 6.90. The molecule has 4 rings (SSSR count). The Hall–Kier alpha value is -1.76. The van der Waals surface area contributed by atoms with Crippen LogP contribution in [-0.2, 0) is 31.8 Å². The van der Waals surface area contributed by atoms with Crippen molar-refractivity contribution in [2.75, 3.05) is 39.5 Å². The Morgan fingerprint density at radius 3 is 2.66 bits per heavy atom. The van der Waals surface area contributed by atoms with Gasteiger partial charge in [0.1, 0.15) is 11.6 Å². The highest BCUT2D eigenvalue weighted by Crippen LogP contribution is 2.33. The predicted octanol–water partition coefficient (Wildman–Crippen LogP) is 4.71. The number of thioether (sulfide) groups is 1. The minimum absolute atomic E-state index is 0.0557. The molecule has 0 bridgehead atoms. The molecule has 0 N–H and O–H groups in total. The molecule has 3 aromatic rings. The van der Waals surface area contributed by atoms with Gasteiger partial charge < -0.3 is 14.0 Å². The van der Waals surface area contributed by atoms with Gasteiger partial charge in [-0.15, -0.1) is 0 Å². The van der Waals surface area contributed by atoms with Crippen LogP contribution >= 0.6 is 23.4 Å². The van der Waals surface area contributed by atoms with E-state index in [4.69, 9.17) is 21.1 Å². The molecule has 35 heavy (non-hydrogen) atoms. The molecule has 0 atom stereocenters. The van der Waals surface area contributed by atoms with Crippen LogP contribution in [0.25, 0.3) is 11.0 Å². The number of imidazole rings is 1.